The topological polar surface area (TPSA) is 0 Å². The van der Waals surface area contributed by atoms with Gasteiger partial charge in [-0.2, -0.15) is 0 Å². The van der Waals surface area contributed by atoms with Crippen molar-refractivity contribution in [2.24, 2.45) is 0 Å². The quantitative estimate of drug-likeness (QED) is 0.441. The van der Waals surface area contributed by atoms with Crippen molar-refractivity contribution < 1.29 is 8.78 Å². The minimum Gasteiger partial charge on any atom is -0.206 e. The number of hydrogen-bond acceptors (Lipinski definition) is 0. The molecule has 0 saturated heterocycles. The summed E-state index contributed by atoms with van der Waals surface area (Å²) in [5.74, 6) is 0. The van der Waals surface area contributed by atoms with Crippen molar-refractivity contribution in [1.29, 1.82) is 0 Å². The molecule has 0 N–H and O–H groups in total. The molecule has 0 aliphatic carbocycles. The van der Waals surface area contributed by atoms with Crippen LogP contribution in [0.4, 0.5) is 8.78 Å². The molecule has 0 amide bonds. The molecule has 0 unspecified atom stereocenters. The highest BCUT2D eigenvalue weighted by Gasteiger charge is 1.85. The van der Waals surface area contributed by atoms with Crippen LogP contribution >= 0.6 is 0 Å². The van der Waals surface area contributed by atoms with E-state index < -0.39 is 6.43 Å². The molecule has 0 nitrogen and oxygen atoms in total. The van der Waals surface area contributed by atoms with Gasteiger partial charge in [-0.05, 0) is 6.08 Å². The molecule has 0 spiro atoms. The molecule has 0 aromatic heterocycles. The highest BCUT2D eigenvalue weighted by Crippen LogP contribution is 1.87. The highest BCUT2D eigenvalue weighted by atomic mass is 19.3. The lowest BCUT2D eigenvalue weighted by atomic mass is 10.7. The van der Waals surface area contributed by atoms with Gasteiger partial charge in [-0.15, -0.1) is 0 Å². The molecular formula is C3H3F2. The van der Waals surface area contributed by atoms with Crippen LogP contribution in [0.3, 0.4) is 0 Å². The summed E-state index contributed by atoms with van der Waals surface area (Å²) < 4.78 is 21.2. The summed E-state index contributed by atoms with van der Waals surface area (Å²) in [7, 11) is 0. The third-order valence-corrected chi connectivity index (χ3v) is 0.145. The minimum atomic E-state index is -2.46. The number of halogens is 2. The van der Waals surface area contributed by atoms with Crippen LogP contribution in [0.25, 0.3) is 0 Å². The zero-order valence-electron chi connectivity index (χ0n) is 2.49. The molecule has 0 aliphatic heterocycles. The van der Waals surface area contributed by atoms with Gasteiger partial charge in [0.1, 0.15) is 0 Å². The first-order valence-corrected chi connectivity index (χ1v) is 1.10. The van der Waals surface area contributed by atoms with Gasteiger partial charge < -0.3 is 0 Å². The highest BCUT2D eigenvalue weighted by molar-refractivity contribution is 4.63. The van der Waals surface area contributed by atoms with E-state index in [0.717, 1.165) is 0 Å². The van der Waals surface area contributed by atoms with Gasteiger partial charge >= 0.3 is 0 Å². The summed E-state index contributed by atoms with van der Waals surface area (Å²) in [5, 5.41) is 0. The lowest BCUT2D eigenvalue weighted by Crippen LogP contribution is -1.74. The van der Waals surface area contributed by atoms with Crippen LogP contribution in [-0.2, 0) is 0 Å². The van der Waals surface area contributed by atoms with Gasteiger partial charge in [0.05, 0.1) is 0 Å². The van der Waals surface area contributed by atoms with Crippen molar-refractivity contribution in [1.82, 2.24) is 0 Å². The number of hydrogen-bond donors (Lipinski definition) is 0. The van der Waals surface area contributed by atoms with Crippen LogP contribution in [0.15, 0.2) is 6.08 Å². The molecule has 0 fully saturated rings. The van der Waals surface area contributed by atoms with Gasteiger partial charge in [-0.1, -0.05) is 6.58 Å². The molecule has 0 rings (SSSR count). The maximum absolute atomic E-state index is 10.6. The molecule has 0 aliphatic rings. The van der Waals surface area contributed by atoms with Gasteiger partial charge in [0.2, 0.25) is 0 Å². The molecule has 5 heavy (non-hydrogen) atoms. The van der Waals surface area contributed by atoms with Gasteiger partial charge in [-0.25, -0.2) is 8.78 Å². The molecular weight excluding hydrogens is 74.0 g/mol. The minimum absolute atomic E-state index is 0.333. The fourth-order valence-corrected chi connectivity index (χ4v) is 0. The third-order valence-electron chi connectivity index (χ3n) is 0.145. The molecule has 2 heteroatoms. The molecule has 29 valence electrons. The Balaban J connectivity index is 2.83. The Hall–Kier alpha value is -0.400. The first-order chi connectivity index (χ1) is 2.27. The van der Waals surface area contributed by atoms with E-state index in [9.17, 15) is 8.78 Å². The zero-order chi connectivity index (χ0) is 4.28. The van der Waals surface area contributed by atoms with Crippen LogP contribution in [0.1, 0.15) is 0 Å². The Bertz CT molecular complexity index is 31.9. The second kappa shape index (κ2) is 1.88. The first kappa shape index (κ1) is 4.60. The van der Waals surface area contributed by atoms with Crippen molar-refractivity contribution in [2.45, 2.75) is 6.43 Å². The second-order valence-corrected chi connectivity index (χ2v) is 0.527. The van der Waals surface area contributed by atoms with Crippen molar-refractivity contribution in [2.75, 3.05) is 0 Å². The van der Waals surface area contributed by atoms with E-state index in [4.69, 9.17) is 0 Å². The molecule has 1 radical (unpaired) electrons. The van der Waals surface area contributed by atoms with Crippen LogP contribution in [0, 0.1) is 6.58 Å². The van der Waals surface area contributed by atoms with E-state index in [1.165, 1.54) is 0 Å². The maximum atomic E-state index is 10.6. The Morgan fingerprint density at radius 1 is 1.60 bits per heavy atom. The molecule has 0 saturated carbocycles. The summed E-state index contributed by atoms with van der Waals surface area (Å²) in [6.45, 7) is 4.30. The van der Waals surface area contributed by atoms with Gasteiger partial charge in [0.25, 0.3) is 6.43 Å². The predicted octanol–water partition coefficient (Wildman–Crippen LogP) is 1.24. The zero-order valence-corrected chi connectivity index (χ0v) is 2.49. The van der Waals surface area contributed by atoms with Crippen molar-refractivity contribution >= 4 is 0 Å². The summed E-state index contributed by atoms with van der Waals surface area (Å²) in [6.07, 6.45) is -2.13. The summed E-state index contributed by atoms with van der Waals surface area (Å²) in [5.41, 5.74) is 0. The monoisotopic (exact) mass is 77.0 g/mol. The number of alkyl halides is 2. The predicted molar refractivity (Wildman–Crippen MR) is 14.9 cm³/mol. The molecule has 0 heterocycles. The normalized spacial score (nSPS) is 8.60. The lowest BCUT2D eigenvalue weighted by Gasteiger charge is -1.74. The van der Waals surface area contributed by atoms with Crippen LogP contribution < -0.4 is 0 Å². The summed E-state index contributed by atoms with van der Waals surface area (Å²) in [6, 6.07) is 0. The number of rotatable bonds is 1. The van der Waals surface area contributed by atoms with Crippen molar-refractivity contribution in [3.63, 3.8) is 0 Å². The average Bonchev–Trinajstić information content (AvgIpc) is 1.38. The Morgan fingerprint density at radius 2 is 1.80 bits per heavy atom. The fraction of sp³-hybridized carbons (Fsp3) is 0.333. The number of allylic oxidation sites excluding steroid dienone is 1. The SMILES string of the molecule is [CH]=CC(F)F. The summed E-state index contributed by atoms with van der Waals surface area (Å²) in [4.78, 5) is 0. The fourth-order valence-electron chi connectivity index (χ4n) is 0. The van der Waals surface area contributed by atoms with Gasteiger partial charge in [-0.3, -0.25) is 0 Å². The molecule has 0 atom stereocenters. The smallest absolute Gasteiger partial charge is 0.206 e. The Kier molecular flexibility index (Phi) is 1.73. The largest absolute Gasteiger partial charge is 0.257 e. The van der Waals surface area contributed by atoms with Gasteiger partial charge in [0.15, 0.2) is 0 Å². The van der Waals surface area contributed by atoms with Crippen molar-refractivity contribution in [3.8, 4) is 0 Å². The van der Waals surface area contributed by atoms with Gasteiger partial charge in [0, 0.05) is 0 Å². The van der Waals surface area contributed by atoms with Crippen LogP contribution in [-0.4, -0.2) is 6.43 Å². The summed E-state index contributed by atoms with van der Waals surface area (Å²) >= 11 is 0. The van der Waals surface area contributed by atoms with Crippen molar-refractivity contribution in [3.05, 3.63) is 12.7 Å². The molecule has 0 aromatic rings. The van der Waals surface area contributed by atoms with E-state index >= 15 is 0 Å². The Morgan fingerprint density at radius 3 is 1.80 bits per heavy atom. The van der Waals surface area contributed by atoms with Crippen LogP contribution in [0.2, 0.25) is 0 Å². The molecule has 0 aromatic carbocycles. The maximum Gasteiger partial charge on any atom is 0.257 e. The van der Waals surface area contributed by atoms with E-state index in [1.807, 2.05) is 0 Å². The van der Waals surface area contributed by atoms with E-state index in [0.29, 0.717) is 6.08 Å². The Labute approximate surface area is 29.1 Å². The standard InChI is InChI=1S/C3H3F2/c1-2-3(4)5/h1-3H. The van der Waals surface area contributed by atoms with E-state index in [-0.39, 0.29) is 0 Å². The third kappa shape index (κ3) is 3.60. The van der Waals surface area contributed by atoms with E-state index in [1.54, 1.807) is 0 Å². The molecule has 0 bridgehead atoms. The average molecular weight is 77.1 g/mol. The van der Waals surface area contributed by atoms with Crippen LogP contribution in [0.5, 0.6) is 0 Å². The lowest BCUT2D eigenvalue weighted by molar-refractivity contribution is 0.204. The second-order valence-electron chi connectivity index (χ2n) is 0.527. The van der Waals surface area contributed by atoms with E-state index in [2.05, 4.69) is 6.58 Å². The first-order valence-electron chi connectivity index (χ1n) is 1.10.